The number of carbonyl (C=O) groups excluding carboxylic acids is 1. The molecule has 4 nitrogen and oxygen atoms in total. The van der Waals surface area contributed by atoms with E-state index >= 15 is 0 Å². The van der Waals surface area contributed by atoms with Crippen LogP contribution in [0.2, 0.25) is 0 Å². The van der Waals surface area contributed by atoms with Crippen LogP contribution < -0.4 is 10.1 Å². The molecule has 1 saturated heterocycles. The van der Waals surface area contributed by atoms with Crippen LogP contribution in [0.3, 0.4) is 0 Å². The molecule has 1 aliphatic heterocycles. The largest absolute Gasteiger partial charge is 0.497 e. The third-order valence-electron chi connectivity index (χ3n) is 3.63. The highest BCUT2D eigenvalue weighted by Gasteiger charge is 2.41. The average molecular weight is 298 g/mol. The number of ether oxygens (including phenoxy) is 1. The number of hydrogen-bond donors (Lipinski definition) is 1. The van der Waals surface area contributed by atoms with Gasteiger partial charge in [-0.2, -0.15) is 0 Å². The summed E-state index contributed by atoms with van der Waals surface area (Å²) in [5, 5.41) is 3.15. The van der Waals surface area contributed by atoms with E-state index in [2.05, 4.69) is 5.32 Å². The Kier molecular flexibility index (Phi) is 4.77. The van der Waals surface area contributed by atoms with Gasteiger partial charge in [0.15, 0.2) is 0 Å². The average Bonchev–Trinajstić information content (AvgIpc) is 2.76. The number of halogens is 2. The second kappa shape index (κ2) is 6.39. The van der Waals surface area contributed by atoms with E-state index in [0.717, 1.165) is 5.56 Å². The van der Waals surface area contributed by atoms with Gasteiger partial charge in [-0.15, -0.1) is 0 Å². The fraction of sp³-hybridized carbons (Fsp3) is 0.533. The number of hydrogen-bond acceptors (Lipinski definition) is 3. The van der Waals surface area contributed by atoms with Crippen LogP contribution >= 0.6 is 0 Å². The number of amides is 1. The van der Waals surface area contributed by atoms with Crippen molar-refractivity contribution in [3.63, 3.8) is 0 Å². The van der Waals surface area contributed by atoms with Gasteiger partial charge in [0.25, 0.3) is 6.43 Å². The molecule has 2 atom stereocenters. The van der Waals surface area contributed by atoms with Gasteiger partial charge in [-0.25, -0.2) is 8.78 Å². The standard InChI is InChI=1S/C15H20F2N2O2/c1-9(2)13-15(20)19(8-12(16)17)14(18-13)10-4-6-11(21-3)7-5-10/h4-7,9,12-14,18H,8H2,1-3H3. The maximum absolute atomic E-state index is 12.8. The summed E-state index contributed by atoms with van der Waals surface area (Å²) >= 11 is 0. The first-order valence-electron chi connectivity index (χ1n) is 6.92. The van der Waals surface area contributed by atoms with Crippen molar-refractivity contribution in [2.24, 2.45) is 5.92 Å². The minimum Gasteiger partial charge on any atom is -0.497 e. The minimum atomic E-state index is -2.55. The lowest BCUT2D eigenvalue weighted by Crippen LogP contribution is -2.36. The van der Waals surface area contributed by atoms with E-state index in [9.17, 15) is 13.6 Å². The van der Waals surface area contributed by atoms with Gasteiger partial charge in [0, 0.05) is 0 Å². The Labute approximate surface area is 123 Å². The first-order chi connectivity index (χ1) is 9.93. The quantitative estimate of drug-likeness (QED) is 0.907. The third kappa shape index (κ3) is 3.32. The summed E-state index contributed by atoms with van der Waals surface area (Å²) in [6.07, 6.45) is -3.08. The first-order valence-corrected chi connectivity index (χ1v) is 6.92. The molecule has 0 aliphatic carbocycles. The van der Waals surface area contributed by atoms with E-state index in [4.69, 9.17) is 4.74 Å². The lowest BCUT2D eigenvalue weighted by molar-refractivity contribution is -0.132. The Morgan fingerprint density at radius 2 is 1.90 bits per heavy atom. The summed E-state index contributed by atoms with van der Waals surface area (Å²) < 4.78 is 30.6. The van der Waals surface area contributed by atoms with E-state index in [0.29, 0.717) is 5.75 Å². The molecule has 0 radical (unpaired) electrons. The number of benzene rings is 1. The van der Waals surface area contributed by atoms with Gasteiger partial charge < -0.3 is 9.64 Å². The van der Waals surface area contributed by atoms with Gasteiger partial charge in [-0.3, -0.25) is 10.1 Å². The van der Waals surface area contributed by atoms with E-state index in [1.165, 1.54) is 4.90 Å². The molecule has 0 spiro atoms. The van der Waals surface area contributed by atoms with Crippen molar-refractivity contribution >= 4 is 5.91 Å². The predicted octanol–water partition coefficient (Wildman–Crippen LogP) is 2.42. The molecule has 2 unspecified atom stereocenters. The fourth-order valence-electron chi connectivity index (χ4n) is 2.52. The zero-order valence-corrected chi connectivity index (χ0v) is 12.3. The molecule has 1 amide bonds. The van der Waals surface area contributed by atoms with Crippen molar-refractivity contribution in [2.75, 3.05) is 13.7 Å². The molecule has 1 fully saturated rings. The third-order valence-corrected chi connectivity index (χ3v) is 3.63. The second-order valence-electron chi connectivity index (χ2n) is 5.45. The fourth-order valence-corrected chi connectivity index (χ4v) is 2.52. The Morgan fingerprint density at radius 1 is 1.29 bits per heavy atom. The van der Waals surface area contributed by atoms with Gasteiger partial charge in [0.2, 0.25) is 5.91 Å². The van der Waals surface area contributed by atoms with E-state index < -0.39 is 25.2 Å². The van der Waals surface area contributed by atoms with Crippen LogP contribution in [0.5, 0.6) is 5.75 Å². The van der Waals surface area contributed by atoms with Gasteiger partial charge in [-0.05, 0) is 23.6 Å². The van der Waals surface area contributed by atoms with Crippen molar-refractivity contribution in [3.05, 3.63) is 29.8 Å². The van der Waals surface area contributed by atoms with Gasteiger partial charge in [-0.1, -0.05) is 26.0 Å². The summed E-state index contributed by atoms with van der Waals surface area (Å²) in [6, 6.07) is 6.64. The lowest BCUT2D eigenvalue weighted by Gasteiger charge is -2.24. The topological polar surface area (TPSA) is 41.6 Å². The molecule has 0 aromatic heterocycles. The molecule has 1 heterocycles. The van der Waals surface area contributed by atoms with E-state index in [1.54, 1.807) is 31.4 Å². The smallest absolute Gasteiger partial charge is 0.255 e. The number of nitrogens with one attached hydrogen (secondary N) is 1. The predicted molar refractivity (Wildman–Crippen MR) is 75.2 cm³/mol. The van der Waals surface area contributed by atoms with Crippen LogP contribution in [0.15, 0.2) is 24.3 Å². The van der Waals surface area contributed by atoms with E-state index in [-0.39, 0.29) is 11.8 Å². The summed E-state index contributed by atoms with van der Waals surface area (Å²) in [5.74, 6) is 0.455. The number of carbonyl (C=O) groups is 1. The molecule has 1 aromatic carbocycles. The molecular formula is C15H20F2N2O2. The molecule has 21 heavy (non-hydrogen) atoms. The zero-order valence-electron chi connectivity index (χ0n) is 12.3. The van der Waals surface area contributed by atoms with Crippen LogP contribution in [-0.2, 0) is 4.79 Å². The maximum atomic E-state index is 12.8. The Balaban J connectivity index is 2.27. The highest BCUT2D eigenvalue weighted by Crippen LogP contribution is 2.29. The summed E-state index contributed by atoms with van der Waals surface area (Å²) in [4.78, 5) is 13.5. The monoisotopic (exact) mass is 298 g/mol. The molecule has 116 valence electrons. The number of alkyl halides is 2. The molecule has 1 N–H and O–H groups in total. The lowest BCUT2D eigenvalue weighted by atomic mass is 10.1. The molecule has 1 aromatic rings. The zero-order chi connectivity index (χ0) is 15.6. The van der Waals surface area contributed by atoms with Crippen LogP contribution in [0, 0.1) is 5.92 Å². The normalized spacial score (nSPS) is 22.4. The molecule has 6 heteroatoms. The molecule has 0 saturated carbocycles. The number of rotatable bonds is 5. The highest BCUT2D eigenvalue weighted by atomic mass is 19.3. The molecule has 1 aliphatic rings. The molecule has 2 rings (SSSR count). The minimum absolute atomic E-state index is 0.0425. The summed E-state index contributed by atoms with van der Waals surface area (Å²) in [7, 11) is 1.56. The molecular weight excluding hydrogens is 278 g/mol. The summed E-state index contributed by atoms with van der Waals surface area (Å²) in [5.41, 5.74) is 0.771. The van der Waals surface area contributed by atoms with Gasteiger partial charge >= 0.3 is 0 Å². The van der Waals surface area contributed by atoms with Crippen molar-refractivity contribution in [1.29, 1.82) is 0 Å². The summed E-state index contributed by atoms with van der Waals surface area (Å²) in [6.45, 7) is 3.23. The van der Waals surface area contributed by atoms with Crippen LogP contribution in [0.25, 0.3) is 0 Å². The van der Waals surface area contributed by atoms with Crippen LogP contribution in [0.1, 0.15) is 25.6 Å². The molecule has 0 bridgehead atoms. The van der Waals surface area contributed by atoms with Crippen molar-refractivity contribution in [2.45, 2.75) is 32.5 Å². The van der Waals surface area contributed by atoms with Gasteiger partial charge in [0.1, 0.15) is 11.9 Å². The number of nitrogens with zero attached hydrogens (tertiary/aromatic N) is 1. The Bertz CT molecular complexity index is 491. The van der Waals surface area contributed by atoms with Crippen molar-refractivity contribution < 1.29 is 18.3 Å². The van der Waals surface area contributed by atoms with E-state index in [1.807, 2.05) is 13.8 Å². The highest BCUT2D eigenvalue weighted by molar-refractivity contribution is 5.84. The Hall–Kier alpha value is -1.69. The SMILES string of the molecule is COc1ccc(C2NC(C(C)C)C(=O)N2CC(F)F)cc1. The first kappa shape index (κ1) is 15.7. The Morgan fingerprint density at radius 3 is 2.38 bits per heavy atom. The van der Waals surface area contributed by atoms with Gasteiger partial charge in [0.05, 0.1) is 19.7 Å². The van der Waals surface area contributed by atoms with Crippen molar-refractivity contribution in [3.8, 4) is 5.75 Å². The van der Waals surface area contributed by atoms with Crippen molar-refractivity contribution in [1.82, 2.24) is 10.2 Å². The number of methoxy groups -OCH3 is 1. The second-order valence-corrected chi connectivity index (χ2v) is 5.45. The van der Waals surface area contributed by atoms with Crippen LogP contribution in [0.4, 0.5) is 8.78 Å². The maximum Gasteiger partial charge on any atom is 0.255 e. The van der Waals surface area contributed by atoms with Crippen LogP contribution in [-0.4, -0.2) is 36.9 Å².